The smallest absolute Gasteiger partial charge is 0.189 e. The molecule has 1 heterocycles. The van der Waals surface area contributed by atoms with E-state index in [2.05, 4.69) is 0 Å². The Kier molecular flexibility index (Phi) is 3.59. The highest BCUT2D eigenvalue weighted by Gasteiger charge is 2.38. The van der Waals surface area contributed by atoms with Crippen LogP contribution in [0.1, 0.15) is 16.4 Å². The summed E-state index contributed by atoms with van der Waals surface area (Å²) < 4.78 is 32.5. The molecule has 3 aromatic rings. The Morgan fingerprint density at radius 3 is 2.25 bits per heavy atom. The van der Waals surface area contributed by atoms with Gasteiger partial charge < -0.3 is 4.74 Å². The third-order valence-electron chi connectivity index (χ3n) is 4.06. The SMILES string of the molecule is O=S(=O)(c1ccccc1)[C@@H]1c2ccccc2Oc2ccc(Cl)cc21. The van der Waals surface area contributed by atoms with Gasteiger partial charge >= 0.3 is 0 Å². The molecule has 0 aromatic heterocycles. The molecular formula is C19H13ClO3S. The lowest BCUT2D eigenvalue weighted by atomic mass is 10.00. The molecule has 24 heavy (non-hydrogen) atoms. The van der Waals surface area contributed by atoms with Crippen molar-refractivity contribution in [3.63, 3.8) is 0 Å². The zero-order valence-corrected chi connectivity index (χ0v) is 14.1. The fourth-order valence-corrected chi connectivity index (χ4v) is 5.01. The van der Waals surface area contributed by atoms with Crippen molar-refractivity contribution >= 4 is 21.4 Å². The number of rotatable bonds is 2. The van der Waals surface area contributed by atoms with Gasteiger partial charge in [-0.3, -0.25) is 0 Å². The molecule has 3 aromatic carbocycles. The maximum atomic E-state index is 13.3. The molecule has 0 spiro atoms. The monoisotopic (exact) mass is 356 g/mol. The topological polar surface area (TPSA) is 43.4 Å². The van der Waals surface area contributed by atoms with Crippen molar-refractivity contribution in [2.45, 2.75) is 10.1 Å². The molecule has 1 aliphatic rings. The van der Waals surface area contributed by atoms with Gasteiger partial charge in [-0.05, 0) is 36.4 Å². The Morgan fingerprint density at radius 2 is 1.46 bits per heavy atom. The summed E-state index contributed by atoms with van der Waals surface area (Å²) in [5.41, 5.74) is 1.18. The summed E-state index contributed by atoms with van der Waals surface area (Å²) >= 11 is 6.11. The van der Waals surface area contributed by atoms with Crippen LogP contribution in [0.2, 0.25) is 5.02 Å². The summed E-state index contributed by atoms with van der Waals surface area (Å²) in [5, 5.41) is -0.372. The summed E-state index contributed by atoms with van der Waals surface area (Å²) in [6.07, 6.45) is 0. The highest BCUT2D eigenvalue weighted by molar-refractivity contribution is 7.92. The van der Waals surface area contributed by atoms with Crippen LogP contribution in [0.4, 0.5) is 0 Å². The minimum Gasteiger partial charge on any atom is -0.457 e. The van der Waals surface area contributed by atoms with Crippen molar-refractivity contribution in [3.8, 4) is 11.5 Å². The lowest BCUT2D eigenvalue weighted by molar-refractivity contribution is 0.455. The number of fused-ring (bicyclic) bond motifs is 2. The predicted molar refractivity (Wildman–Crippen MR) is 93.4 cm³/mol. The zero-order chi connectivity index (χ0) is 16.7. The van der Waals surface area contributed by atoms with Crippen molar-refractivity contribution in [3.05, 3.63) is 88.9 Å². The van der Waals surface area contributed by atoms with Crippen LogP contribution in [0.3, 0.4) is 0 Å². The highest BCUT2D eigenvalue weighted by Crippen LogP contribution is 2.48. The van der Waals surface area contributed by atoms with E-state index in [4.69, 9.17) is 16.3 Å². The average Bonchev–Trinajstić information content (AvgIpc) is 2.60. The molecule has 0 saturated heterocycles. The maximum absolute atomic E-state index is 13.3. The van der Waals surface area contributed by atoms with Gasteiger partial charge in [-0.2, -0.15) is 0 Å². The highest BCUT2D eigenvalue weighted by atomic mass is 35.5. The van der Waals surface area contributed by atoms with Crippen LogP contribution in [0.5, 0.6) is 11.5 Å². The Bertz CT molecular complexity index is 1010. The molecule has 0 N–H and O–H groups in total. The predicted octanol–water partition coefficient (Wildman–Crippen LogP) is 5.01. The van der Waals surface area contributed by atoms with E-state index in [0.717, 1.165) is 0 Å². The molecule has 5 heteroatoms. The van der Waals surface area contributed by atoms with E-state index in [1.807, 2.05) is 12.1 Å². The van der Waals surface area contributed by atoms with Crippen LogP contribution >= 0.6 is 11.6 Å². The van der Waals surface area contributed by atoms with Gasteiger partial charge in [-0.1, -0.05) is 48.0 Å². The number of sulfone groups is 1. The molecule has 120 valence electrons. The van der Waals surface area contributed by atoms with Gasteiger partial charge in [-0.15, -0.1) is 0 Å². The van der Waals surface area contributed by atoms with E-state index in [-0.39, 0.29) is 4.90 Å². The molecular weight excluding hydrogens is 344 g/mol. The van der Waals surface area contributed by atoms with Crippen molar-refractivity contribution in [2.24, 2.45) is 0 Å². The fraction of sp³-hybridized carbons (Fsp3) is 0.0526. The Morgan fingerprint density at radius 1 is 0.792 bits per heavy atom. The summed E-state index contributed by atoms with van der Waals surface area (Å²) in [4.78, 5) is 0.276. The summed E-state index contributed by atoms with van der Waals surface area (Å²) in [7, 11) is -3.64. The van der Waals surface area contributed by atoms with Crippen molar-refractivity contribution < 1.29 is 13.2 Å². The van der Waals surface area contributed by atoms with Crippen LogP contribution in [0, 0.1) is 0 Å². The normalized spacial score (nSPS) is 16.0. The first-order chi connectivity index (χ1) is 11.6. The van der Waals surface area contributed by atoms with Crippen molar-refractivity contribution in [2.75, 3.05) is 0 Å². The average molecular weight is 357 g/mol. The molecule has 0 amide bonds. The first-order valence-electron chi connectivity index (χ1n) is 7.42. The molecule has 1 atom stereocenters. The molecule has 4 rings (SSSR count). The molecule has 0 radical (unpaired) electrons. The van der Waals surface area contributed by atoms with E-state index in [1.54, 1.807) is 60.7 Å². The number of benzene rings is 3. The van der Waals surface area contributed by atoms with Crippen molar-refractivity contribution in [1.82, 2.24) is 0 Å². The van der Waals surface area contributed by atoms with Crippen molar-refractivity contribution in [1.29, 1.82) is 0 Å². The summed E-state index contributed by atoms with van der Waals surface area (Å²) in [6, 6.07) is 20.7. The van der Waals surface area contributed by atoms with E-state index in [9.17, 15) is 8.42 Å². The van der Waals surface area contributed by atoms with E-state index in [0.29, 0.717) is 27.6 Å². The Hall–Kier alpha value is -2.30. The second-order valence-electron chi connectivity index (χ2n) is 5.56. The van der Waals surface area contributed by atoms with Gasteiger partial charge in [0.05, 0.1) is 4.90 Å². The molecule has 0 saturated carbocycles. The molecule has 3 nitrogen and oxygen atoms in total. The quantitative estimate of drug-likeness (QED) is 0.648. The largest absolute Gasteiger partial charge is 0.457 e. The van der Waals surface area contributed by atoms with Gasteiger partial charge in [-0.25, -0.2) is 8.42 Å². The molecule has 1 aliphatic heterocycles. The minimum atomic E-state index is -3.64. The fourth-order valence-electron chi connectivity index (χ4n) is 2.97. The van der Waals surface area contributed by atoms with Crippen LogP contribution in [0.15, 0.2) is 77.7 Å². The number of para-hydroxylation sites is 1. The standard InChI is InChI=1S/C19H13ClO3S/c20-13-10-11-18-16(12-13)19(15-8-4-5-9-17(15)23-18)24(21,22)14-6-2-1-3-7-14/h1-12,19H/t19-/m1/s1. The minimum absolute atomic E-state index is 0.276. The first-order valence-corrected chi connectivity index (χ1v) is 9.35. The summed E-state index contributed by atoms with van der Waals surface area (Å²) in [5.74, 6) is 1.07. The third-order valence-corrected chi connectivity index (χ3v) is 6.35. The van der Waals surface area contributed by atoms with Crippen LogP contribution in [0.25, 0.3) is 0 Å². The van der Waals surface area contributed by atoms with Gasteiger partial charge in [0.1, 0.15) is 16.7 Å². The number of hydrogen-bond donors (Lipinski definition) is 0. The number of halogens is 1. The van der Waals surface area contributed by atoms with E-state index in [1.165, 1.54) is 0 Å². The number of ether oxygens (including phenoxy) is 1. The Balaban J connectivity index is 2.00. The third kappa shape index (κ3) is 2.39. The van der Waals surface area contributed by atoms with Gasteiger partial charge in [0, 0.05) is 16.1 Å². The van der Waals surface area contributed by atoms with Crippen LogP contribution in [-0.4, -0.2) is 8.42 Å². The second kappa shape index (κ2) is 5.65. The molecule has 0 bridgehead atoms. The lowest BCUT2D eigenvalue weighted by Crippen LogP contribution is -2.19. The van der Waals surface area contributed by atoms with Crippen LogP contribution in [-0.2, 0) is 9.84 Å². The lowest BCUT2D eigenvalue weighted by Gasteiger charge is -2.28. The zero-order valence-electron chi connectivity index (χ0n) is 12.5. The molecule has 0 fully saturated rings. The van der Waals surface area contributed by atoms with Gasteiger partial charge in [0.2, 0.25) is 0 Å². The maximum Gasteiger partial charge on any atom is 0.189 e. The molecule has 0 unspecified atom stereocenters. The second-order valence-corrected chi connectivity index (χ2v) is 8.03. The van der Waals surface area contributed by atoms with Gasteiger partial charge in [0.25, 0.3) is 0 Å². The van der Waals surface area contributed by atoms with E-state index < -0.39 is 15.1 Å². The first kappa shape index (κ1) is 15.2. The Labute approximate surface area is 145 Å². The summed E-state index contributed by atoms with van der Waals surface area (Å²) in [6.45, 7) is 0. The van der Waals surface area contributed by atoms with Gasteiger partial charge in [0.15, 0.2) is 9.84 Å². The number of hydrogen-bond acceptors (Lipinski definition) is 3. The molecule has 0 aliphatic carbocycles. The van der Waals surface area contributed by atoms with Crippen LogP contribution < -0.4 is 4.74 Å². The van der Waals surface area contributed by atoms with E-state index >= 15 is 0 Å².